The van der Waals surface area contributed by atoms with Gasteiger partial charge >= 0.3 is 0 Å². The molecule has 7 heteroatoms. The summed E-state index contributed by atoms with van der Waals surface area (Å²) in [6, 6.07) is 15.0. The molecule has 1 aliphatic rings. The number of rotatable bonds is 5. The largest absolute Gasteiger partial charge is 0.493 e. The smallest absolute Gasteiger partial charge is 0.232 e. The van der Waals surface area contributed by atoms with Crippen LogP contribution in [0.25, 0.3) is 11.4 Å². The molecule has 3 aromatic rings. The number of methoxy groups -OCH3 is 2. The molecule has 1 amide bonds. The highest BCUT2D eigenvalue weighted by Crippen LogP contribution is 2.36. The van der Waals surface area contributed by atoms with Crippen molar-refractivity contribution in [3.8, 4) is 22.9 Å². The fourth-order valence-electron chi connectivity index (χ4n) is 3.22. The van der Waals surface area contributed by atoms with Gasteiger partial charge in [-0.15, -0.1) is 0 Å². The zero-order chi connectivity index (χ0) is 18.8. The lowest BCUT2D eigenvalue weighted by atomic mass is 10.1. The maximum absolute atomic E-state index is 12.6. The molecule has 1 unspecified atom stereocenters. The molecule has 0 spiro atoms. The third-order valence-corrected chi connectivity index (χ3v) is 4.63. The predicted molar refractivity (Wildman–Crippen MR) is 99.0 cm³/mol. The van der Waals surface area contributed by atoms with Gasteiger partial charge in [-0.2, -0.15) is 4.98 Å². The Hall–Kier alpha value is -3.35. The molecule has 138 valence electrons. The Morgan fingerprint density at radius 2 is 1.85 bits per heavy atom. The third kappa shape index (κ3) is 3.23. The number of carbonyl (C=O) groups excluding carboxylic acids is 1. The highest BCUT2D eigenvalue weighted by atomic mass is 16.5. The molecule has 0 N–H and O–H groups in total. The molecular weight excluding hydrogens is 346 g/mol. The van der Waals surface area contributed by atoms with E-state index < -0.39 is 0 Å². The fraction of sp³-hybridized carbons (Fsp3) is 0.250. The molecule has 1 saturated heterocycles. The van der Waals surface area contributed by atoms with Crippen LogP contribution < -0.4 is 14.4 Å². The molecule has 1 aliphatic heterocycles. The van der Waals surface area contributed by atoms with E-state index in [1.54, 1.807) is 31.3 Å². The molecule has 0 bridgehead atoms. The Morgan fingerprint density at radius 3 is 2.59 bits per heavy atom. The summed E-state index contributed by atoms with van der Waals surface area (Å²) < 4.78 is 16.0. The van der Waals surface area contributed by atoms with Gasteiger partial charge in [0.1, 0.15) is 0 Å². The molecule has 7 nitrogen and oxygen atoms in total. The minimum absolute atomic E-state index is 0.00619. The standard InChI is InChI=1S/C20H19N3O4/c1-25-16-9-8-15(11-17(16)26-2)23-12-14(10-18(23)24)20-21-19(22-27-20)13-6-4-3-5-7-13/h3-9,11,14H,10,12H2,1-2H3. The Kier molecular flexibility index (Phi) is 4.50. The van der Waals surface area contributed by atoms with Crippen molar-refractivity contribution >= 4 is 11.6 Å². The van der Waals surface area contributed by atoms with Crippen molar-refractivity contribution in [3.05, 3.63) is 54.4 Å². The number of benzene rings is 2. The van der Waals surface area contributed by atoms with Crippen LogP contribution in [0, 0.1) is 0 Å². The first kappa shape index (κ1) is 17.1. The Morgan fingerprint density at radius 1 is 1.07 bits per heavy atom. The van der Waals surface area contributed by atoms with E-state index in [1.807, 2.05) is 36.4 Å². The molecule has 2 aromatic carbocycles. The van der Waals surface area contributed by atoms with Gasteiger partial charge in [-0.25, -0.2) is 0 Å². The first-order chi connectivity index (χ1) is 13.2. The van der Waals surface area contributed by atoms with Gasteiger partial charge < -0.3 is 18.9 Å². The molecule has 0 saturated carbocycles. The van der Waals surface area contributed by atoms with Crippen molar-refractivity contribution in [3.63, 3.8) is 0 Å². The van der Waals surface area contributed by atoms with Gasteiger partial charge in [0.25, 0.3) is 0 Å². The van der Waals surface area contributed by atoms with Gasteiger partial charge in [0.2, 0.25) is 17.6 Å². The van der Waals surface area contributed by atoms with E-state index in [4.69, 9.17) is 14.0 Å². The van der Waals surface area contributed by atoms with Crippen LogP contribution in [0.2, 0.25) is 0 Å². The summed E-state index contributed by atoms with van der Waals surface area (Å²) in [6.45, 7) is 0.477. The molecule has 0 aliphatic carbocycles. The Labute approximate surface area is 156 Å². The maximum atomic E-state index is 12.6. The van der Waals surface area contributed by atoms with Gasteiger partial charge in [-0.05, 0) is 12.1 Å². The molecule has 1 aromatic heterocycles. The normalized spacial score (nSPS) is 16.6. The third-order valence-electron chi connectivity index (χ3n) is 4.63. The van der Waals surface area contributed by atoms with Crippen LogP contribution in [-0.2, 0) is 4.79 Å². The number of carbonyl (C=O) groups is 1. The lowest BCUT2D eigenvalue weighted by molar-refractivity contribution is -0.117. The fourth-order valence-corrected chi connectivity index (χ4v) is 3.22. The van der Waals surface area contributed by atoms with E-state index >= 15 is 0 Å². The Bertz CT molecular complexity index is 955. The average molecular weight is 365 g/mol. The Balaban J connectivity index is 1.55. The quantitative estimate of drug-likeness (QED) is 0.691. The summed E-state index contributed by atoms with van der Waals surface area (Å²) in [4.78, 5) is 18.7. The lowest BCUT2D eigenvalue weighted by Gasteiger charge is -2.18. The highest BCUT2D eigenvalue weighted by molar-refractivity contribution is 5.96. The van der Waals surface area contributed by atoms with Crippen molar-refractivity contribution < 1.29 is 18.8 Å². The zero-order valence-corrected chi connectivity index (χ0v) is 15.1. The SMILES string of the molecule is COc1ccc(N2CC(c3nc(-c4ccccc4)no3)CC2=O)cc1OC. The van der Waals surface area contributed by atoms with Crippen LogP contribution in [0.3, 0.4) is 0 Å². The summed E-state index contributed by atoms with van der Waals surface area (Å²) in [5.74, 6) is 2.07. The predicted octanol–water partition coefficient (Wildman–Crippen LogP) is 3.27. The summed E-state index contributed by atoms with van der Waals surface area (Å²) in [5, 5.41) is 4.05. The molecule has 4 rings (SSSR count). The molecular formula is C20H19N3O4. The maximum Gasteiger partial charge on any atom is 0.232 e. The van der Waals surface area contributed by atoms with Crippen LogP contribution in [-0.4, -0.2) is 36.8 Å². The number of amides is 1. The summed E-state index contributed by atoms with van der Waals surface area (Å²) in [5.41, 5.74) is 1.64. The zero-order valence-electron chi connectivity index (χ0n) is 15.1. The minimum Gasteiger partial charge on any atom is -0.493 e. The van der Waals surface area contributed by atoms with Crippen molar-refractivity contribution in [1.82, 2.24) is 10.1 Å². The monoisotopic (exact) mass is 365 g/mol. The van der Waals surface area contributed by atoms with E-state index in [-0.39, 0.29) is 11.8 Å². The average Bonchev–Trinajstić information content (AvgIpc) is 3.35. The van der Waals surface area contributed by atoms with Gasteiger partial charge in [0.15, 0.2) is 11.5 Å². The lowest BCUT2D eigenvalue weighted by Crippen LogP contribution is -2.24. The van der Waals surface area contributed by atoms with E-state index in [0.717, 1.165) is 11.3 Å². The summed E-state index contributed by atoms with van der Waals surface area (Å²) in [7, 11) is 3.15. The highest BCUT2D eigenvalue weighted by Gasteiger charge is 2.35. The van der Waals surface area contributed by atoms with Gasteiger partial charge in [-0.3, -0.25) is 4.79 Å². The number of ether oxygens (including phenoxy) is 2. The number of anilines is 1. The second-order valence-corrected chi connectivity index (χ2v) is 6.27. The van der Waals surface area contributed by atoms with Crippen LogP contribution in [0.4, 0.5) is 5.69 Å². The van der Waals surface area contributed by atoms with Crippen LogP contribution in [0.5, 0.6) is 11.5 Å². The summed E-state index contributed by atoms with van der Waals surface area (Å²) in [6.07, 6.45) is 0.324. The van der Waals surface area contributed by atoms with E-state index in [9.17, 15) is 4.79 Å². The molecule has 1 atom stereocenters. The van der Waals surface area contributed by atoms with Crippen LogP contribution >= 0.6 is 0 Å². The van der Waals surface area contributed by atoms with Gasteiger partial charge in [0, 0.05) is 30.3 Å². The van der Waals surface area contributed by atoms with Crippen molar-refractivity contribution in [2.24, 2.45) is 0 Å². The summed E-state index contributed by atoms with van der Waals surface area (Å²) >= 11 is 0. The second-order valence-electron chi connectivity index (χ2n) is 6.27. The molecule has 0 radical (unpaired) electrons. The van der Waals surface area contributed by atoms with Gasteiger partial charge in [0.05, 0.1) is 20.1 Å². The van der Waals surface area contributed by atoms with E-state index in [0.29, 0.717) is 36.2 Å². The topological polar surface area (TPSA) is 77.7 Å². The molecule has 1 fully saturated rings. The molecule has 27 heavy (non-hydrogen) atoms. The minimum atomic E-state index is -0.143. The first-order valence-electron chi connectivity index (χ1n) is 8.61. The first-order valence-corrected chi connectivity index (χ1v) is 8.61. The number of hydrogen-bond acceptors (Lipinski definition) is 6. The van der Waals surface area contributed by atoms with Crippen LogP contribution in [0.15, 0.2) is 53.1 Å². The van der Waals surface area contributed by atoms with E-state index in [1.165, 1.54) is 0 Å². The number of hydrogen-bond donors (Lipinski definition) is 0. The van der Waals surface area contributed by atoms with Crippen LogP contribution in [0.1, 0.15) is 18.2 Å². The van der Waals surface area contributed by atoms with Crippen molar-refractivity contribution in [2.45, 2.75) is 12.3 Å². The van der Waals surface area contributed by atoms with Crippen molar-refractivity contribution in [1.29, 1.82) is 0 Å². The second kappa shape index (κ2) is 7.11. The van der Waals surface area contributed by atoms with Crippen molar-refractivity contribution in [2.75, 3.05) is 25.7 Å². The van der Waals surface area contributed by atoms with Gasteiger partial charge in [-0.1, -0.05) is 35.5 Å². The number of nitrogens with zero attached hydrogens (tertiary/aromatic N) is 3. The van der Waals surface area contributed by atoms with E-state index in [2.05, 4.69) is 10.1 Å². The number of aromatic nitrogens is 2. The molecule has 2 heterocycles.